The van der Waals surface area contributed by atoms with Gasteiger partial charge in [0.1, 0.15) is 11.8 Å². The van der Waals surface area contributed by atoms with E-state index in [9.17, 15) is 14.4 Å². The molecule has 3 aromatic carbocycles. The Kier molecular flexibility index (Phi) is 6.54. The first-order chi connectivity index (χ1) is 16.0. The highest BCUT2D eigenvalue weighted by Crippen LogP contribution is 2.28. The summed E-state index contributed by atoms with van der Waals surface area (Å²) in [5, 5.41) is 0. The minimum atomic E-state index is -0.877. The molecule has 0 aromatic heterocycles. The van der Waals surface area contributed by atoms with Crippen molar-refractivity contribution >= 4 is 23.4 Å². The molecule has 1 unspecified atom stereocenters. The lowest BCUT2D eigenvalue weighted by Gasteiger charge is -2.28. The molecule has 6 nitrogen and oxygen atoms in total. The Morgan fingerprint density at radius 2 is 1.58 bits per heavy atom. The largest absolute Gasteiger partial charge is 0.497 e. The van der Waals surface area contributed by atoms with Gasteiger partial charge in [-0.15, -0.1) is 0 Å². The molecule has 33 heavy (non-hydrogen) atoms. The summed E-state index contributed by atoms with van der Waals surface area (Å²) in [5.74, 6) is -0.286. The minimum absolute atomic E-state index is 0.0525. The van der Waals surface area contributed by atoms with E-state index in [2.05, 4.69) is 0 Å². The summed E-state index contributed by atoms with van der Waals surface area (Å²) < 4.78 is 5.22. The van der Waals surface area contributed by atoms with Gasteiger partial charge in [-0.2, -0.15) is 0 Å². The molecule has 3 amide bonds. The lowest BCUT2D eigenvalue weighted by molar-refractivity contribution is -0.122. The molecular weight excluding hydrogens is 416 g/mol. The Morgan fingerprint density at radius 3 is 2.18 bits per heavy atom. The average molecular weight is 443 g/mol. The predicted octanol–water partition coefficient (Wildman–Crippen LogP) is 4.23. The van der Waals surface area contributed by atoms with Crippen molar-refractivity contribution in [3.8, 4) is 5.75 Å². The fourth-order valence-corrected chi connectivity index (χ4v) is 4.01. The molecule has 3 aromatic rings. The van der Waals surface area contributed by atoms with Crippen LogP contribution in [0, 0.1) is 0 Å². The van der Waals surface area contributed by atoms with E-state index < -0.39 is 6.04 Å². The van der Waals surface area contributed by atoms with Crippen molar-refractivity contribution in [1.82, 2.24) is 4.90 Å². The number of carbonyl (C=O) groups is 3. The van der Waals surface area contributed by atoms with Gasteiger partial charge in [-0.25, -0.2) is 4.90 Å². The van der Waals surface area contributed by atoms with Gasteiger partial charge in [0.2, 0.25) is 5.91 Å². The van der Waals surface area contributed by atoms with Gasteiger partial charge in [-0.05, 0) is 53.9 Å². The molecule has 1 fully saturated rings. The van der Waals surface area contributed by atoms with E-state index in [4.69, 9.17) is 4.74 Å². The molecule has 0 aliphatic carbocycles. The van der Waals surface area contributed by atoms with E-state index in [0.29, 0.717) is 17.0 Å². The molecule has 1 aliphatic heterocycles. The molecule has 0 bridgehead atoms. The van der Waals surface area contributed by atoms with Crippen LogP contribution in [0.25, 0.3) is 0 Å². The van der Waals surface area contributed by atoms with E-state index in [-0.39, 0.29) is 30.7 Å². The maximum absolute atomic E-state index is 13.5. The molecule has 0 radical (unpaired) electrons. The molecule has 1 atom stereocenters. The molecule has 1 saturated heterocycles. The predicted molar refractivity (Wildman–Crippen MR) is 126 cm³/mol. The summed E-state index contributed by atoms with van der Waals surface area (Å²) in [7, 11) is 1.59. The monoisotopic (exact) mass is 442 g/mol. The van der Waals surface area contributed by atoms with Crippen LogP contribution in [0.2, 0.25) is 0 Å². The zero-order valence-corrected chi connectivity index (χ0v) is 18.7. The number of ether oxygens (including phenoxy) is 1. The number of rotatable bonds is 7. The van der Waals surface area contributed by atoms with E-state index in [1.165, 1.54) is 9.80 Å². The third kappa shape index (κ3) is 4.65. The van der Waals surface area contributed by atoms with Gasteiger partial charge in [0.05, 0.1) is 19.2 Å². The first-order valence-electron chi connectivity index (χ1n) is 11.0. The summed E-state index contributed by atoms with van der Waals surface area (Å²) in [4.78, 5) is 42.5. The van der Waals surface area contributed by atoms with Crippen molar-refractivity contribution in [2.45, 2.75) is 32.4 Å². The summed E-state index contributed by atoms with van der Waals surface area (Å²) in [6.07, 6.45) is 0.815. The van der Waals surface area contributed by atoms with Crippen molar-refractivity contribution in [1.29, 1.82) is 0 Å². The van der Waals surface area contributed by atoms with E-state index in [0.717, 1.165) is 17.5 Å². The molecule has 168 valence electrons. The lowest BCUT2D eigenvalue weighted by atomic mass is 10.1. The molecule has 1 heterocycles. The highest BCUT2D eigenvalue weighted by atomic mass is 16.5. The zero-order chi connectivity index (χ0) is 23.4. The van der Waals surface area contributed by atoms with Gasteiger partial charge in [0.15, 0.2) is 0 Å². The summed E-state index contributed by atoms with van der Waals surface area (Å²) >= 11 is 0. The molecule has 0 spiro atoms. The number of benzene rings is 3. The number of nitrogens with zero attached hydrogens (tertiary/aromatic N) is 2. The standard InChI is InChI=1S/C27H26N2O4/c1-3-19-9-13-22(14-10-19)29-25(30)17-24(27(29)32)28(26(31)21-7-5-4-6-8-21)18-20-11-15-23(33-2)16-12-20/h4-16,24H,3,17-18H2,1-2H3. The first kappa shape index (κ1) is 22.3. The Morgan fingerprint density at radius 1 is 0.939 bits per heavy atom. The van der Waals surface area contributed by atoms with Crippen molar-refractivity contribution < 1.29 is 19.1 Å². The van der Waals surface area contributed by atoms with Crippen LogP contribution in [0.15, 0.2) is 78.9 Å². The van der Waals surface area contributed by atoms with Gasteiger partial charge in [0, 0.05) is 12.1 Å². The van der Waals surface area contributed by atoms with Crippen molar-refractivity contribution in [2.24, 2.45) is 0 Å². The molecule has 0 saturated carbocycles. The second-order valence-electron chi connectivity index (χ2n) is 7.95. The van der Waals surface area contributed by atoms with Crippen LogP contribution in [-0.2, 0) is 22.6 Å². The molecule has 1 aliphatic rings. The highest BCUT2D eigenvalue weighted by Gasteiger charge is 2.44. The van der Waals surface area contributed by atoms with E-state index in [1.807, 2.05) is 49.4 Å². The Labute approximate surface area is 193 Å². The number of hydrogen-bond acceptors (Lipinski definition) is 4. The number of imide groups is 1. The smallest absolute Gasteiger partial charge is 0.257 e. The van der Waals surface area contributed by atoms with Crippen molar-refractivity contribution in [3.05, 3.63) is 95.6 Å². The number of methoxy groups -OCH3 is 1. The van der Waals surface area contributed by atoms with Crippen molar-refractivity contribution in [3.63, 3.8) is 0 Å². The number of amides is 3. The molecule has 0 N–H and O–H groups in total. The maximum Gasteiger partial charge on any atom is 0.257 e. The third-order valence-corrected chi connectivity index (χ3v) is 5.90. The number of anilines is 1. The quantitative estimate of drug-likeness (QED) is 0.514. The summed E-state index contributed by atoms with van der Waals surface area (Å²) in [6, 6.07) is 22.7. The van der Waals surface area contributed by atoms with Crippen LogP contribution in [0.3, 0.4) is 0 Å². The Balaban J connectivity index is 1.65. The lowest BCUT2D eigenvalue weighted by Crippen LogP contribution is -2.45. The molecule has 6 heteroatoms. The average Bonchev–Trinajstić information content (AvgIpc) is 3.16. The third-order valence-electron chi connectivity index (χ3n) is 5.90. The van der Waals surface area contributed by atoms with Gasteiger partial charge in [-0.1, -0.05) is 49.4 Å². The van der Waals surface area contributed by atoms with Crippen LogP contribution < -0.4 is 9.64 Å². The molecular formula is C27H26N2O4. The second kappa shape index (κ2) is 9.69. The van der Waals surface area contributed by atoms with Gasteiger partial charge in [0.25, 0.3) is 11.8 Å². The number of hydrogen-bond donors (Lipinski definition) is 0. The fourth-order valence-electron chi connectivity index (χ4n) is 4.01. The zero-order valence-electron chi connectivity index (χ0n) is 18.7. The van der Waals surface area contributed by atoms with Gasteiger partial charge >= 0.3 is 0 Å². The minimum Gasteiger partial charge on any atom is -0.497 e. The van der Waals surface area contributed by atoms with Crippen molar-refractivity contribution in [2.75, 3.05) is 12.0 Å². The Bertz CT molecular complexity index is 1140. The first-order valence-corrected chi connectivity index (χ1v) is 11.0. The van der Waals surface area contributed by atoms with Gasteiger partial charge in [-0.3, -0.25) is 14.4 Å². The van der Waals surface area contributed by atoms with Gasteiger partial charge < -0.3 is 9.64 Å². The van der Waals surface area contributed by atoms with Crippen LogP contribution in [-0.4, -0.2) is 35.8 Å². The van der Waals surface area contributed by atoms with E-state index >= 15 is 0 Å². The highest BCUT2D eigenvalue weighted by molar-refractivity contribution is 6.23. The number of aryl methyl sites for hydroxylation is 1. The fraction of sp³-hybridized carbons (Fsp3) is 0.222. The summed E-state index contributed by atoms with van der Waals surface area (Å²) in [6.45, 7) is 2.24. The molecule has 4 rings (SSSR count). The SMILES string of the molecule is CCc1ccc(N2C(=O)CC(N(Cc3ccc(OC)cc3)C(=O)c3ccccc3)C2=O)cc1. The van der Waals surface area contributed by atoms with E-state index in [1.54, 1.807) is 43.5 Å². The van der Waals surface area contributed by atoms with Crippen LogP contribution >= 0.6 is 0 Å². The van der Waals surface area contributed by atoms with Crippen LogP contribution in [0.4, 0.5) is 5.69 Å². The topological polar surface area (TPSA) is 66.9 Å². The maximum atomic E-state index is 13.5. The van der Waals surface area contributed by atoms with Crippen LogP contribution in [0.5, 0.6) is 5.75 Å². The summed E-state index contributed by atoms with van der Waals surface area (Å²) in [5.41, 5.74) is 2.96. The Hall–Kier alpha value is -3.93. The number of carbonyl (C=O) groups excluding carboxylic acids is 3. The normalized spacial score (nSPS) is 15.6. The van der Waals surface area contributed by atoms with Crippen LogP contribution in [0.1, 0.15) is 34.8 Å². The second-order valence-corrected chi connectivity index (χ2v) is 7.95.